The number of hydrogen-bond acceptors (Lipinski definition) is 0. The largest absolute Gasteiger partial charge is 0.309 e. The number of benzene rings is 10. The number of rotatable bonds is 5. The van der Waals surface area contributed by atoms with Crippen molar-refractivity contribution in [2.75, 3.05) is 0 Å². The molecule has 0 aliphatic heterocycles. The summed E-state index contributed by atoms with van der Waals surface area (Å²) in [5.74, 6) is 0. The Morgan fingerprint density at radius 1 is 0.220 bits per heavy atom. The van der Waals surface area contributed by atoms with E-state index in [-0.39, 0.29) is 21.7 Å². The molecule has 4 heteroatoms. The van der Waals surface area contributed by atoms with Crippen LogP contribution in [0.15, 0.2) is 194 Å². The van der Waals surface area contributed by atoms with Gasteiger partial charge in [0.1, 0.15) is 0 Å². The molecule has 0 radical (unpaired) electrons. The minimum Gasteiger partial charge on any atom is -0.309 e. The highest BCUT2D eigenvalue weighted by atomic mass is 15.0. The van der Waals surface area contributed by atoms with E-state index >= 15 is 0 Å². The summed E-state index contributed by atoms with van der Waals surface area (Å²) in [4.78, 5) is 0. The molecule has 0 amide bonds. The summed E-state index contributed by atoms with van der Waals surface area (Å²) in [7, 11) is 0. The fourth-order valence-electron chi connectivity index (χ4n) is 13.2. The molecule has 14 rings (SSSR count). The van der Waals surface area contributed by atoms with Gasteiger partial charge in [0.15, 0.2) is 0 Å². The summed E-state index contributed by atoms with van der Waals surface area (Å²) >= 11 is 0. The van der Waals surface area contributed by atoms with Crippen LogP contribution in [0.2, 0.25) is 0 Å². The molecule has 4 aromatic heterocycles. The molecule has 0 saturated heterocycles. The maximum absolute atomic E-state index is 2.49. The van der Waals surface area contributed by atoms with Crippen LogP contribution in [0.3, 0.4) is 0 Å². The highest BCUT2D eigenvalue weighted by molar-refractivity contribution is 6.15. The predicted octanol–water partition coefficient (Wildman–Crippen LogP) is 21.5. The van der Waals surface area contributed by atoms with E-state index in [4.69, 9.17) is 0 Å². The quantitative estimate of drug-likeness (QED) is 0.164. The first-order chi connectivity index (χ1) is 39.0. The highest BCUT2D eigenvalue weighted by Crippen LogP contribution is 2.44. The number of nitrogens with zero attached hydrogens (tertiary/aromatic N) is 4. The predicted molar refractivity (Wildman–Crippen MR) is 354 cm³/mol. The van der Waals surface area contributed by atoms with Crippen LogP contribution in [0, 0.1) is 13.8 Å². The second-order valence-corrected chi connectivity index (χ2v) is 27.8. The summed E-state index contributed by atoms with van der Waals surface area (Å²) in [5, 5.41) is 10.1. The van der Waals surface area contributed by atoms with Gasteiger partial charge in [-0.05, 0) is 201 Å². The van der Waals surface area contributed by atoms with Crippen molar-refractivity contribution in [1.29, 1.82) is 0 Å². The maximum Gasteiger partial charge on any atom is 0.0561 e. The zero-order valence-electron chi connectivity index (χ0n) is 50.3. The summed E-state index contributed by atoms with van der Waals surface area (Å²) < 4.78 is 9.95. The van der Waals surface area contributed by atoms with E-state index in [9.17, 15) is 0 Å². The molecule has 0 saturated carbocycles. The molecule has 10 aromatic carbocycles. The van der Waals surface area contributed by atoms with Crippen molar-refractivity contribution in [2.45, 2.75) is 119 Å². The van der Waals surface area contributed by atoms with E-state index in [1.807, 2.05) is 0 Å². The molecule has 0 fully saturated rings. The lowest BCUT2D eigenvalue weighted by Crippen LogP contribution is -2.10. The third kappa shape index (κ3) is 8.23. The Hall–Kier alpha value is -8.60. The van der Waals surface area contributed by atoms with Gasteiger partial charge in [-0.2, -0.15) is 0 Å². The van der Waals surface area contributed by atoms with Gasteiger partial charge in [-0.25, -0.2) is 0 Å². The van der Waals surface area contributed by atoms with Crippen LogP contribution < -0.4 is 0 Å². The van der Waals surface area contributed by atoms with Crippen molar-refractivity contribution in [3.05, 3.63) is 228 Å². The highest BCUT2D eigenvalue weighted by Gasteiger charge is 2.25. The second kappa shape index (κ2) is 17.9. The normalized spacial score (nSPS) is 13.0. The van der Waals surface area contributed by atoms with Crippen molar-refractivity contribution in [1.82, 2.24) is 18.3 Å². The molecule has 0 spiro atoms. The van der Waals surface area contributed by atoms with Gasteiger partial charge in [-0.1, -0.05) is 156 Å². The van der Waals surface area contributed by atoms with Crippen LogP contribution in [-0.4, -0.2) is 18.3 Å². The summed E-state index contributed by atoms with van der Waals surface area (Å²) in [6.07, 6.45) is 0. The van der Waals surface area contributed by atoms with Crippen molar-refractivity contribution < 1.29 is 0 Å². The Kier molecular flexibility index (Phi) is 11.3. The first-order valence-electron chi connectivity index (χ1n) is 29.5. The van der Waals surface area contributed by atoms with Crippen molar-refractivity contribution >= 4 is 87.2 Å². The van der Waals surface area contributed by atoms with Crippen LogP contribution in [0.4, 0.5) is 0 Å². The Morgan fingerprint density at radius 3 is 0.780 bits per heavy atom. The lowest BCUT2D eigenvalue weighted by Gasteiger charge is -2.19. The molecule has 0 atom stereocenters. The number of hydrogen-bond donors (Lipinski definition) is 0. The average molecular weight is 1070 g/mol. The number of aromatic nitrogens is 4. The van der Waals surface area contributed by atoms with Crippen LogP contribution in [0.5, 0.6) is 0 Å². The van der Waals surface area contributed by atoms with E-state index in [0.29, 0.717) is 0 Å². The van der Waals surface area contributed by atoms with Gasteiger partial charge in [-0.15, -0.1) is 0 Å². The van der Waals surface area contributed by atoms with Crippen LogP contribution in [-0.2, 0) is 21.7 Å². The average Bonchev–Trinajstić information content (AvgIpc) is 2.61. The van der Waals surface area contributed by atoms with E-state index in [1.165, 1.54) is 132 Å². The molecule has 82 heavy (non-hydrogen) atoms. The third-order valence-electron chi connectivity index (χ3n) is 17.9. The summed E-state index contributed by atoms with van der Waals surface area (Å²) in [6, 6.07) is 74.9. The fraction of sp³-hybridized carbons (Fsp3) is 0.231. The van der Waals surface area contributed by atoms with Gasteiger partial charge in [0.2, 0.25) is 0 Å². The van der Waals surface area contributed by atoms with Gasteiger partial charge in [-0.3, -0.25) is 0 Å². The first kappa shape index (κ1) is 51.5. The molecule has 4 nitrogen and oxygen atoms in total. The van der Waals surface area contributed by atoms with Gasteiger partial charge >= 0.3 is 0 Å². The van der Waals surface area contributed by atoms with Crippen molar-refractivity contribution in [2.24, 2.45) is 0 Å². The Labute approximate surface area is 482 Å². The summed E-state index contributed by atoms with van der Waals surface area (Å²) in [5.41, 5.74) is 24.6. The number of fused-ring (bicyclic) bond motifs is 12. The van der Waals surface area contributed by atoms with Gasteiger partial charge < -0.3 is 18.3 Å². The fourth-order valence-corrected chi connectivity index (χ4v) is 13.2. The van der Waals surface area contributed by atoms with E-state index < -0.39 is 0 Å². The third-order valence-corrected chi connectivity index (χ3v) is 17.9. The lowest BCUT2D eigenvalue weighted by molar-refractivity contribution is 0.590. The first-order valence-corrected chi connectivity index (χ1v) is 29.5. The molecule has 14 aromatic rings. The topological polar surface area (TPSA) is 19.7 Å². The van der Waals surface area contributed by atoms with Crippen LogP contribution in [0.1, 0.15) is 116 Å². The van der Waals surface area contributed by atoms with Crippen molar-refractivity contribution in [3.63, 3.8) is 0 Å². The Morgan fingerprint density at radius 2 is 0.488 bits per heavy atom. The molecule has 0 bridgehead atoms. The molecule has 0 aliphatic rings. The molecule has 4 heterocycles. The van der Waals surface area contributed by atoms with Crippen molar-refractivity contribution in [3.8, 4) is 33.9 Å². The van der Waals surface area contributed by atoms with E-state index in [2.05, 4.69) is 309 Å². The molecular formula is C78H74N4. The lowest BCUT2D eigenvalue weighted by atomic mass is 9.85. The second-order valence-electron chi connectivity index (χ2n) is 27.8. The zero-order valence-corrected chi connectivity index (χ0v) is 50.3. The Bertz CT molecular complexity index is 4510. The monoisotopic (exact) mass is 1070 g/mol. The minimum absolute atomic E-state index is 0.0247. The SMILES string of the molecule is Cc1cccc(-n2c3ccc(-c4ccc5c(c4)c4ccc(-n6c7ccc(C(C)(C)C)cc7c7cc(C(C)(C)C)ccc76)cc4n5-c4cccc(C)c4)cc3c3ccc(-n4c5ccc(C(C)(C)C)cc5c5cc(C(C)(C)C)ccc54)cc32)c1. The number of aryl methyl sites for hydroxylation is 2. The van der Waals surface area contributed by atoms with E-state index in [1.54, 1.807) is 0 Å². The Balaban J connectivity index is 0.956. The summed E-state index contributed by atoms with van der Waals surface area (Å²) in [6.45, 7) is 32.1. The van der Waals surface area contributed by atoms with Gasteiger partial charge in [0.05, 0.1) is 44.1 Å². The molecule has 0 aliphatic carbocycles. The standard InChI is InChI=1S/C78H74N4/c1-47-17-15-19-55(37-47)81-67-31-21-49(39-61(67)59-29-27-57(45-73(59)81)79-69-33-23-51(75(3,4)5)41-63(69)64-42-52(76(6,7)8)24-34-70(64)79)50-22-32-68-62(40-50)60-30-28-58(46-74(60)82(68)56-20-16-18-48(2)38-56)80-71-35-25-53(77(9,10)11)43-65(71)66-44-54(78(12,13)14)26-36-72(66)80/h15-46H,1-14H3. The van der Waals surface area contributed by atoms with Gasteiger partial charge in [0, 0.05) is 65.8 Å². The molecule has 0 N–H and O–H groups in total. The van der Waals surface area contributed by atoms with Gasteiger partial charge in [0.25, 0.3) is 0 Å². The molecule has 406 valence electrons. The maximum atomic E-state index is 2.49. The minimum atomic E-state index is 0.0247. The zero-order chi connectivity index (χ0) is 57.1. The van der Waals surface area contributed by atoms with E-state index in [0.717, 1.165) is 22.7 Å². The van der Waals surface area contributed by atoms with Crippen LogP contribution >= 0.6 is 0 Å². The molecule has 0 unspecified atom stereocenters. The van der Waals surface area contributed by atoms with Crippen LogP contribution in [0.25, 0.3) is 121 Å². The molecular weight excluding hydrogens is 993 g/mol. The smallest absolute Gasteiger partial charge is 0.0561 e.